The van der Waals surface area contributed by atoms with E-state index in [1.54, 1.807) is 23.1 Å². The lowest BCUT2D eigenvalue weighted by Gasteiger charge is -2.32. The zero-order valence-corrected chi connectivity index (χ0v) is 12.2. The molecule has 0 bridgehead atoms. The molecule has 0 spiro atoms. The normalized spacial score (nSPS) is 18.5. The number of phenolic OH excluding ortho intramolecular Hbond substituents is 1. The van der Waals surface area contributed by atoms with Gasteiger partial charge in [0.15, 0.2) is 0 Å². The Hall–Kier alpha value is -2.04. The Labute approximate surface area is 124 Å². The molecule has 21 heavy (non-hydrogen) atoms. The van der Waals surface area contributed by atoms with Crippen LogP contribution in [-0.4, -0.2) is 40.1 Å². The van der Waals surface area contributed by atoms with Gasteiger partial charge in [0.05, 0.1) is 5.56 Å². The summed E-state index contributed by atoms with van der Waals surface area (Å²) in [4.78, 5) is 24.8. The average molecular weight is 291 g/mol. The lowest BCUT2D eigenvalue weighted by atomic mass is 9.93. The smallest absolute Gasteiger partial charge is 0.303 e. The van der Waals surface area contributed by atoms with Gasteiger partial charge in [0, 0.05) is 19.5 Å². The molecule has 1 aromatic rings. The molecule has 0 aliphatic carbocycles. The summed E-state index contributed by atoms with van der Waals surface area (Å²) >= 11 is 0. The molecule has 1 aliphatic rings. The van der Waals surface area contributed by atoms with Gasteiger partial charge >= 0.3 is 5.97 Å². The number of rotatable bonds is 4. The molecule has 5 heteroatoms. The van der Waals surface area contributed by atoms with Crippen molar-refractivity contribution in [1.29, 1.82) is 0 Å². The van der Waals surface area contributed by atoms with E-state index in [0.29, 0.717) is 25.1 Å². The first-order chi connectivity index (χ1) is 9.97. The van der Waals surface area contributed by atoms with Crippen LogP contribution in [0.25, 0.3) is 0 Å². The number of carbonyl (C=O) groups is 2. The summed E-state index contributed by atoms with van der Waals surface area (Å²) in [5.74, 6) is -0.735. The Balaban J connectivity index is 2.03. The average Bonchev–Trinajstić information content (AvgIpc) is 2.45. The van der Waals surface area contributed by atoms with Crippen molar-refractivity contribution in [3.05, 3.63) is 29.3 Å². The highest BCUT2D eigenvalue weighted by Gasteiger charge is 2.26. The molecule has 0 radical (unpaired) electrons. The van der Waals surface area contributed by atoms with Gasteiger partial charge in [-0.3, -0.25) is 9.59 Å². The first-order valence-corrected chi connectivity index (χ1v) is 7.28. The van der Waals surface area contributed by atoms with Crippen molar-refractivity contribution in [2.24, 2.45) is 5.92 Å². The topological polar surface area (TPSA) is 77.8 Å². The second kappa shape index (κ2) is 6.61. The molecule has 1 saturated heterocycles. The Bertz CT molecular complexity index is 541. The van der Waals surface area contributed by atoms with Gasteiger partial charge in [-0.15, -0.1) is 0 Å². The summed E-state index contributed by atoms with van der Waals surface area (Å²) in [5.41, 5.74) is 1.22. The Morgan fingerprint density at radius 1 is 1.38 bits per heavy atom. The van der Waals surface area contributed by atoms with Crippen LogP contribution in [0.5, 0.6) is 5.75 Å². The molecular formula is C16H21NO4. The standard InChI is InChI=1S/C16H21NO4/c1-11-4-6-13(14(18)9-11)16(21)17-8-2-3-12(10-17)5-7-15(19)20/h4,6,9,12,18H,2-3,5,7-8,10H2,1H3,(H,19,20)/t12-/m0/s1. The quantitative estimate of drug-likeness (QED) is 0.893. The summed E-state index contributed by atoms with van der Waals surface area (Å²) in [6, 6.07) is 5.03. The van der Waals surface area contributed by atoms with Crippen LogP contribution in [0.15, 0.2) is 18.2 Å². The molecule has 1 heterocycles. The Morgan fingerprint density at radius 2 is 2.14 bits per heavy atom. The predicted molar refractivity (Wildman–Crippen MR) is 78.3 cm³/mol. The molecule has 0 unspecified atom stereocenters. The minimum atomic E-state index is -0.797. The third kappa shape index (κ3) is 3.97. The number of carboxylic acid groups (broad SMARTS) is 1. The third-order valence-corrected chi connectivity index (χ3v) is 3.96. The van der Waals surface area contributed by atoms with Crippen molar-refractivity contribution in [3.63, 3.8) is 0 Å². The number of aliphatic carboxylic acids is 1. The molecule has 1 fully saturated rings. The molecule has 1 aliphatic heterocycles. The van der Waals surface area contributed by atoms with E-state index in [4.69, 9.17) is 5.11 Å². The van der Waals surface area contributed by atoms with Gasteiger partial charge in [-0.2, -0.15) is 0 Å². The summed E-state index contributed by atoms with van der Waals surface area (Å²) < 4.78 is 0. The number of aryl methyl sites for hydroxylation is 1. The largest absolute Gasteiger partial charge is 0.507 e. The zero-order valence-electron chi connectivity index (χ0n) is 12.2. The molecule has 5 nitrogen and oxygen atoms in total. The van der Waals surface area contributed by atoms with Crippen molar-refractivity contribution < 1.29 is 19.8 Å². The van der Waals surface area contributed by atoms with E-state index in [9.17, 15) is 14.7 Å². The highest BCUT2D eigenvalue weighted by atomic mass is 16.4. The van der Waals surface area contributed by atoms with Gasteiger partial charge < -0.3 is 15.1 Å². The van der Waals surface area contributed by atoms with Crippen molar-refractivity contribution in [1.82, 2.24) is 4.90 Å². The Kier molecular flexibility index (Phi) is 4.83. The van der Waals surface area contributed by atoms with Gasteiger partial charge in [0.2, 0.25) is 0 Å². The molecule has 0 aromatic heterocycles. The minimum Gasteiger partial charge on any atom is -0.507 e. The predicted octanol–water partition coefficient (Wildman–Crippen LogP) is 2.42. The van der Waals surface area contributed by atoms with Crippen LogP contribution in [0, 0.1) is 12.8 Å². The van der Waals surface area contributed by atoms with E-state index in [0.717, 1.165) is 18.4 Å². The second-order valence-electron chi connectivity index (χ2n) is 5.71. The van der Waals surface area contributed by atoms with Crippen LogP contribution >= 0.6 is 0 Å². The van der Waals surface area contributed by atoms with Gasteiger partial charge in [0.25, 0.3) is 5.91 Å². The molecule has 0 saturated carbocycles. The molecule has 1 amide bonds. The van der Waals surface area contributed by atoms with E-state index in [1.807, 2.05) is 6.92 Å². The van der Waals surface area contributed by atoms with Crippen molar-refractivity contribution in [2.75, 3.05) is 13.1 Å². The molecule has 1 atom stereocenters. The van der Waals surface area contributed by atoms with E-state index < -0.39 is 5.97 Å². The molecular weight excluding hydrogens is 270 g/mol. The maximum Gasteiger partial charge on any atom is 0.303 e. The lowest BCUT2D eigenvalue weighted by Crippen LogP contribution is -2.40. The number of benzene rings is 1. The lowest BCUT2D eigenvalue weighted by molar-refractivity contribution is -0.137. The number of nitrogens with zero attached hydrogens (tertiary/aromatic N) is 1. The number of carboxylic acids is 1. The number of carbonyl (C=O) groups excluding carboxylic acids is 1. The summed E-state index contributed by atoms with van der Waals surface area (Å²) in [5, 5.41) is 18.7. The molecule has 2 rings (SSSR count). The second-order valence-corrected chi connectivity index (χ2v) is 5.71. The number of phenols is 1. The molecule has 2 N–H and O–H groups in total. The monoisotopic (exact) mass is 291 g/mol. The van der Waals surface area contributed by atoms with Crippen molar-refractivity contribution in [3.8, 4) is 5.75 Å². The number of likely N-dealkylation sites (tertiary alicyclic amines) is 1. The minimum absolute atomic E-state index is 0.00709. The van der Waals surface area contributed by atoms with Crippen LogP contribution in [0.3, 0.4) is 0 Å². The van der Waals surface area contributed by atoms with Gasteiger partial charge in [0.1, 0.15) is 5.75 Å². The van der Waals surface area contributed by atoms with Crippen LogP contribution in [-0.2, 0) is 4.79 Å². The maximum absolute atomic E-state index is 12.5. The third-order valence-electron chi connectivity index (χ3n) is 3.96. The number of amides is 1. The number of hydrogen-bond acceptors (Lipinski definition) is 3. The summed E-state index contributed by atoms with van der Waals surface area (Å²) in [6.07, 6.45) is 2.57. The van der Waals surface area contributed by atoms with E-state index in [-0.39, 0.29) is 24.0 Å². The highest BCUT2D eigenvalue weighted by molar-refractivity contribution is 5.97. The van der Waals surface area contributed by atoms with Gasteiger partial charge in [-0.25, -0.2) is 0 Å². The molecule has 1 aromatic carbocycles. The van der Waals surface area contributed by atoms with Gasteiger partial charge in [-0.1, -0.05) is 6.07 Å². The van der Waals surface area contributed by atoms with Crippen LogP contribution < -0.4 is 0 Å². The number of piperidine rings is 1. The van der Waals surface area contributed by atoms with E-state index in [1.165, 1.54) is 0 Å². The Morgan fingerprint density at radius 3 is 2.81 bits per heavy atom. The fourth-order valence-electron chi connectivity index (χ4n) is 2.81. The fourth-order valence-corrected chi connectivity index (χ4v) is 2.81. The number of aromatic hydroxyl groups is 1. The first-order valence-electron chi connectivity index (χ1n) is 7.28. The van der Waals surface area contributed by atoms with E-state index in [2.05, 4.69) is 0 Å². The first kappa shape index (κ1) is 15.4. The van der Waals surface area contributed by atoms with Crippen molar-refractivity contribution in [2.45, 2.75) is 32.6 Å². The van der Waals surface area contributed by atoms with Crippen LogP contribution in [0.1, 0.15) is 41.6 Å². The summed E-state index contributed by atoms with van der Waals surface area (Å²) in [6.45, 7) is 3.09. The highest BCUT2D eigenvalue weighted by Crippen LogP contribution is 2.25. The summed E-state index contributed by atoms with van der Waals surface area (Å²) in [7, 11) is 0. The van der Waals surface area contributed by atoms with Crippen LogP contribution in [0.2, 0.25) is 0 Å². The van der Waals surface area contributed by atoms with Gasteiger partial charge in [-0.05, 0) is 49.8 Å². The number of hydrogen-bond donors (Lipinski definition) is 2. The van der Waals surface area contributed by atoms with Crippen molar-refractivity contribution >= 4 is 11.9 Å². The SMILES string of the molecule is Cc1ccc(C(=O)N2CCC[C@@H](CCC(=O)O)C2)c(O)c1. The zero-order chi connectivity index (χ0) is 15.4. The van der Waals surface area contributed by atoms with E-state index >= 15 is 0 Å². The maximum atomic E-state index is 12.5. The molecule has 114 valence electrons. The fraction of sp³-hybridized carbons (Fsp3) is 0.500. The van der Waals surface area contributed by atoms with Crippen LogP contribution in [0.4, 0.5) is 0 Å².